The summed E-state index contributed by atoms with van der Waals surface area (Å²) in [5.74, 6) is 6.62. The number of hydrogen-bond acceptors (Lipinski definition) is 0. The molecular formula is C30H40Sn. The fourth-order valence-electron chi connectivity index (χ4n) is 4.24. The van der Waals surface area contributed by atoms with Gasteiger partial charge in [0.1, 0.15) is 0 Å². The number of unbranched alkanes of at least 4 members (excludes halogenated alkanes) is 3. The maximum absolute atomic E-state index is 3.32. The van der Waals surface area contributed by atoms with Gasteiger partial charge in [-0.1, -0.05) is 0 Å². The van der Waals surface area contributed by atoms with Gasteiger partial charge in [0.05, 0.1) is 0 Å². The summed E-state index contributed by atoms with van der Waals surface area (Å²) in [6.07, 6.45) is 15.1. The van der Waals surface area contributed by atoms with Crippen molar-refractivity contribution < 1.29 is 0 Å². The Hall–Kier alpha value is -1.72. The van der Waals surface area contributed by atoms with E-state index in [1.165, 1.54) is 57.4 Å². The maximum atomic E-state index is 3.32. The van der Waals surface area contributed by atoms with Gasteiger partial charge in [0.2, 0.25) is 0 Å². The first-order chi connectivity index (χ1) is 15.2. The first-order valence-electron chi connectivity index (χ1n) is 12.2. The van der Waals surface area contributed by atoms with Crippen LogP contribution in [0, 0.1) is 11.8 Å². The Balaban J connectivity index is 2.45. The Morgan fingerprint density at radius 2 is 1.26 bits per heavy atom. The molecule has 0 aromatic heterocycles. The molecule has 0 N–H and O–H groups in total. The molecular weight excluding hydrogens is 479 g/mol. The Kier molecular flexibility index (Phi) is 12.5. The zero-order chi connectivity index (χ0) is 22.2. The van der Waals surface area contributed by atoms with Crippen LogP contribution in [0.2, 0.25) is 13.3 Å². The van der Waals surface area contributed by atoms with Crippen LogP contribution in [-0.2, 0) is 0 Å². The van der Waals surface area contributed by atoms with Crippen molar-refractivity contribution in [3.05, 3.63) is 87.5 Å². The van der Waals surface area contributed by atoms with Crippen molar-refractivity contribution in [3.8, 4) is 11.8 Å². The fraction of sp³-hybridized carbons (Fsp3) is 0.400. The molecule has 0 aliphatic heterocycles. The van der Waals surface area contributed by atoms with Crippen molar-refractivity contribution in [2.24, 2.45) is 0 Å². The molecule has 2 aromatic rings. The molecule has 0 atom stereocenters. The van der Waals surface area contributed by atoms with E-state index < -0.39 is 18.4 Å². The van der Waals surface area contributed by atoms with Gasteiger partial charge in [-0.15, -0.1) is 0 Å². The van der Waals surface area contributed by atoms with Crippen LogP contribution in [0.25, 0.3) is 6.08 Å². The third kappa shape index (κ3) is 9.12. The van der Waals surface area contributed by atoms with E-state index in [2.05, 4.69) is 105 Å². The zero-order valence-electron chi connectivity index (χ0n) is 19.9. The Morgan fingerprint density at radius 1 is 0.742 bits per heavy atom. The number of rotatable bonds is 12. The summed E-state index contributed by atoms with van der Waals surface area (Å²) in [7, 11) is 0. The molecule has 0 radical (unpaired) electrons. The standard InChI is InChI=1S/C18H13.3C4H9.Sn/c1(5-11-17-13-7-3-8-14-17)2-6-12-18-15-9-4-10-16-18;3*1-3-4-2;/h1-4,7-11,13-16H;3*1,3-4H2,2H3;/b2-1-,11-5?;;;;. The molecule has 2 rings (SSSR count). The average molecular weight is 519 g/mol. The van der Waals surface area contributed by atoms with Crippen LogP contribution in [0.3, 0.4) is 0 Å². The molecule has 2 aromatic carbocycles. The number of benzene rings is 2. The fourth-order valence-corrected chi connectivity index (χ4v) is 20.3. The van der Waals surface area contributed by atoms with E-state index in [0.29, 0.717) is 0 Å². The molecule has 0 saturated carbocycles. The van der Waals surface area contributed by atoms with Crippen LogP contribution in [0.4, 0.5) is 0 Å². The van der Waals surface area contributed by atoms with Crippen molar-refractivity contribution in [2.75, 3.05) is 0 Å². The number of allylic oxidation sites excluding steroid dienone is 3. The third-order valence-corrected chi connectivity index (χ3v) is 21.7. The van der Waals surface area contributed by atoms with Gasteiger partial charge < -0.3 is 0 Å². The monoisotopic (exact) mass is 520 g/mol. The van der Waals surface area contributed by atoms with E-state index in [4.69, 9.17) is 0 Å². The van der Waals surface area contributed by atoms with Crippen molar-refractivity contribution in [2.45, 2.75) is 72.6 Å². The molecule has 0 nitrogen and oxygen atoms in total. The molecule has 1 heteroatoms. The second-order valence-electron chi connectivity index (χ2n) is 8.57. The molecule has 0 aliphatic carbocycles. The van der Waals surface area contributed by atoms with Gasteiger partial charge in [0.25, 0.3) is 0 Å². The van der Waals surface area contributed by atoms with E-state index in [0.717, 1.165) is 5.56 Å². The van der Waals surface area contributed by atoms with E-state index in [-0.39, 0.29) is 0 Å². The van der Waals surface area contributed by atoms with Crippen LogP contribution in [0.5, 0.6) is 0 Å². The first-order valence-corrected chi connectivity index (χ1v) is 19.7. The predicted octanol–water partition coefficient (Wildman–Crippen LogP) is 9.07. The third-order valence-electron chi connectivity index (χ3n) is 6.10. The molecule has 0 bridgehead atoms. The second kappa shape index (κ2) is 15.1. The molecule has 0 spiro atoms. The second-order valence-corrected chi connectivity index (χ2v) is 21.8. The molecule has 0 aliphatic rings. The summed E-state index contributed by atoms with van der Waals surface area (Å²) in [5.41, 5.74) is 2.42. The van der Waals surface area contributed by atoms with Gasteiger partial charge in [-0.2, -0.15) is 0 Å². The van der Waals surface area contributed by atoms with Crippen LogP contribution in [-0.4, -0.2) is 18.4 Å². The normalized spacial score (nSPS) is 12.0. The van der Waals surface area contributed by atoms with E-state index in [1.807, 2.05) is 6.07 Å². The van der Waals surface area contributed by atoms with Crippen molar-refractivity contribution in [3.63, 3.8) is 0 Å². The van der Waals surface area contributed by atoms with Crippen molar-refractivity contribution in [1.29, 1.82) is 0 Å². The SMILES string of the molecule is CCC[CH2][Sn]([CH2]CCC)([CH2]CCC)[C](/C=C\C#Cc1ccccc1)=C/c1ccccc1. The van der Waals surface area contributed by atoms with Crippen LogP contribution < -0.4 is 0 Å². The van der Waals surface area contributed by atoms with Gasteiger partial charge in [-0.3, -0.25) is 0 Å². The summed E-state index contributed by atoms with van der Waals surface area (Å²) < 4.78 is 6.08. The molecule has 0 unspecified atom stereocenters. The molecule has 31 heavy (non-hydrogen) atoms. The summed E-state index contributed by atoms with van der Waals surface area (Å²) >= 11 is -2.53. The average Bonchev–Trinajstić information content (AvgIpc) is 2.82. The predicted molar refractivity (Wildman–Crippen MR) is 142 cm³/mol. The van der Waals surface area contributed by atoms with Crippen LogP contribution >= 0.6 is 0 Å². The molecule has 0 amide bonds. The summed E-state index contributed by atoms with van der Waals surface area (Å²) in [6.45, 7) is 7.04. The van der Waals surface area contributed by atoms with Crippen molar-refractivity contribution >= 4 is 24.5 Å². The van der Waals surface area contributed by atoms with Crippen LogP contribution in [0.1, 0.15) is 70.4 Å². The Bertz CT molecular complexity index is 828. The van der Waals surface area contributed by atoms with E-state index >= 15 is 0 Å². The van der Waals surface area contributed by atoms with Gasteiger partial charge >= 0.3 is 196 Å². The van der Waals surface area contributed by atoms with Gasteiger partial charge in [0, 0.05) is 0 Å². The Morgan fingerprint density at radius 3 is 1.77 bits per heavy atom. The van der Waals surface area contributed by atoms with E-state index in [1.54, 1.807) is 3.59 Å². The summed E-state index contributed by atoms with van der Waals surface area (Å²) in [4.78, 5) is 0. The summed E-state index contributed by atoms with van der Waals surface area (Å²) in [5, 5.41) is 0. The minimum absolute atomic E-state index is 1.08. The molecule has 0 fully saturated rings. The van der Waals surface area contributed by atoms with E-state index in [9.17, 15) is 0 Å². The van der Waals surface area contributed by atoms with Crippen LogP contribution in [0.15, 0.2) is 76.4 Å². The molecule has 0 heterocycles. The zero-order valence-corrected chi connectivity index (χ0v) is 22.7. The summed E-state index contributed by atoms with van der Waals surface area (Å²) in [6, 6.07) is 21.2. The molecule has 0 saturated heterocycles. The van der Waals surface area contributed by atoms with Crippen molar-refractivity contribution in [1.82, 2.24) is 0 Å². The molecule has 164 valence electrons. The Labute approximate surface area is 195 Å². The topological polar surface area (TPSA) is 0 Å². The minimum atomic E-state index is -2.53. The number of hydrogen-bond donors (Lipinski definition) is 0. The van der Waals surface area contributed by atoms with Gasteiger partial charge in [-0.25, -0.2) is 0 Å². The quantitative estimate of drug-likeness (QED) is 0.149. The first kappa shape index (κ1) is 25.5. The van der Waals surface area contributed by atoms with Gasteiger partial charge in [-0.05, 0) is 0 Å². The van der Waals surface area contributed by atoms with Gasteiger partial charge in [0.15, 0.2) is 0 Å².